The van der Waals surface area contributed by atoms with E-state index in [4.69, 9.17) is 4.74 Å². The van der Waals surface area contributed by atoms with Crippen LogP contribution in [0.3, 0.4) is 0 Å². The Labute approximate surface area is 109 Å². The molecule has 3 rings (SSSR count). The molecule has 5 heteroatoms. The van der Waals surface area contributed by atoms with Gasteiger partial charge in [0.25, 0.3) is 5.91 Å². The Morgan fingerprint density at radius 3 is 3.11 bits per heavy atom. The normalized spacial score (nSPS) is 17.8. The molecule has 0 fully saturated rings. The van der Waals surface area contributed by atoms with E-state index in [-0.39, 0.29) is 12.0 Å². The second kappa shape index (κ2) is 4.42. The Hall–Kier alpha value is -1.88. The molecule has 0 saturated carbocycles. The number of carbonyl (C=O) groups excluding carboxylic acids is 1. The molecule has 0 aliphatic carbocycles. The predicted molar refractivity (Wildman–Crippen MR) is 70.9 cm³/mol. The molecule has 18 heavy (non-hydrogen) atoms. The zero-order chi connectivity index (χ0) is 12.5. The molecule has 0 bridgehead atoms. The summed E-state index contributed by atoms with van der Waals surface area (Å²) < 4.78 is 5.64. The van der Waals surface area contributed by atoms with Crippen LogP contribution in [-0.2, 0) is 4.79 Å². The lowest BCUT2D eigenvalue weighted by atomic mass is 10.1. The fourth-order valence-corrected chi connectivity index (χ4v) is 2.49. The van der Waals surface area contributed by atoms with Gasteiger partial charge in [0.1, 0.15) is 5.75 Å². The molecular weight excluding hydrogens is 248 g/mol. The fourth-order valence-electron chi connectivity index (χ4n) is 1.93. The number of hydrogen-bond acceptors (Lipinski definition) is 4. The quantitative estimate of drug-likeness (QED) is 0.903. The first-order valence-electron chi connectivity index (χ1n) is 5.78. The van der Waals surface area contributed by atoms with Crippen molar-refractivity contribution in [2.45, 2.75) is 19.4 Å². The van der Waals surface area contributed by atoms with Crippen molar-refractivity contribution in [1.82, 2.24) is 4.98 Å². The minimum Gasteiger partial charge on any atom is -0.478 e. The average molecular weight is 260 g/mol. The summed E-state index contributed by atoms with van der Waals surface area (Å²) in [7, 11) is 0. The van der Waals surface area contributed by atoms with Crippen molar-refractivity contribution in [2.75, 3.05) is 5.32 Å². The van der Waals surface area contributed by atoms with Gasteiger partial charge in [0, 0.05) is 10.9 Å². The largest absolute Gasteiger partial charge is 0.478 e. The van der Waals surface area contributed by atoms with E-state index in [0.29, 0.717) is 6.42 Å². The molecule has 92 valence electrons. The van der Waals surface area contributed by atoms with Crippen molar-refractivity contribution in [3.8, 4) is 17.0 Å². The molecule has 1 aromatic carbocycles. The zero-order valence-electron chi connectivity index (χ0n) is 9.84. The summed E-state index contributed by atoms with van der Waals surface area (Å²) in [5.74, 6) is 0.640. The van der Waals surface area contributed by atoms with Crippen molar-refractivity contribution < 1.29 is 9.53 Å². The first kappa shape index (κ1) is 11.2. The van der Waals surface area contributed by atoms with Crippen molar-refractivity contribution >= 4 is 22.9 Å². The lowest BCUT2D eigenvalue weighted by Gasteiger charge is -2.25. The van der Waals surface area contributed by atoms with E-state index in [1.54, 1.807) is 16.8 Å². The van der Waals surface area contributed by atoms with E-state index in [2.05, 4.69) is 10.3 Å². The van der Waals surface area contributed by atoms with Crippen LogP contribution < -0.4 is 10.1 Å². The van der Waals surface area contributed by atoms with Gasteiger partial charge in [-0.05, 0) is 24.6 Å². The van der Waals surface area contributed by atoms with Gasteiger partial charge in [-0.1, -0.05) is 6.92 Å². The highest BCUT2D eigenvalue weighted by Crippen LogP contribution is 2.34. The van der Waals surface area contributed by atoms with E-state index in [9.17, 15) is 4.79 Å². The molecule has 0 radical (unpaired) electrons. The van der Waals surface area contributed by atoms with Crippen LogP contribution in [0.4, 0.5) is 5.69 Å². The number of amides is 1. The predicted octanol–water partition coefficient (Wildman–Crippen LogP) is 2.92. The Balaban J connectivity index is 1.98. The van der Waals surface area contributed by atoms with Crippen LogP contribution in [0.25, 0.3) is 11.3 Å². The standard InChI is InChI=1S/C13H12N2O2S/c1-2-11-13(16)15-9-5-8(3-4-12(9)17-11)10-6-18-7-14-10/h3-7,11H,2H2,1H3,(H,15,16). The topological polar surface area (TPSA) is 51.2 Å². The Bertz CT molecular complexity index is 581. The zero-order valence-corrected chi connectivity index (χ0v) is 10.7. The lowest BCUT2D eigenvalue weighted by Crippen LogP contribution is -2.36. The third-order valence-electron chi connectivity index (χ3n) is 2.90. The van der Waals surface area contributed by atoms with E-state index >= 15 is 0 Å². The number of anilines is 1. The van der Waals surface area contributed by atoms with Gasteiger partial charge in [0.05, 0.1) is 16.9 Å². The molecule has 1 aliphatic rings. The number of rotatable bonds is 2. The highest BCUT2D eigenvalue weighted by Gasteiger charge is 2.26. The highest BCUT2D eigenvalue weighted by atomic mass is 32.1. The van der Waals surface area contributed by atoms with Crippen LogP contribution in [0.2, 0.25) is 0 Å². The highest BCUT2D eigenvalue weighted by molar-refractivity contribution is 7.07. The maximum absolute atomic E-state index is 11.7. The summed E-state index contributed by atoms with van der Waals surface area (Å²) in [4.78, 5) is 16.0. The fraction of sp³-hybridized carbons (Fsp3) is 0.231. The summed E-state index contributed by atoms with van der Waals surface area (Å²) in [5, 5.41) is 4.85. The van der Waals surface area contributed by atoms with Gasteiger partial charge in [-0.3, -0.25) is 4.79 Å². The molecule has 1 aromatic heterocycles. The Morgan fingerprint density at radius 2 is 2.39 bits per heavy atom. The molecule has 2 heterocycles. The Morgan fingerprint density at radius 1 is 1.50 bits per heavy atom. The third kappa shape index (κ3) is 1.86. The molecule has 1 aliphatic heterocycles. The van der Waals surface area contributed by atoms with E-state index in [0.717, 1.165) is 22.7 Å². The second-order valence-electron chi connectivity index (χ2n) is 4.09. The van der Waals surface area contributed by atoms with Crippen LogP contribution >= 0.6 is 11.3 Å². The number of benzene rings is 1. The molecule has 1 atom stereocenters. The molecule has 0 spiro atoms. The number of aromatic nitrogens is 1. The molecular formula is C13H12N2O2S. The molecule has 2 aromatic rings. The van der Waals surface area contributed by atoms with Gasteiger partial charge in [-0.25, -0.2) is 4.98 Å². The first-order valence-corrected chi connectivity index (χ1v) is 6.72. The first-order chi connectivity index (χ1) is 8.78. The van der Waals surface area contributed by atoms with Gasteiger partial charge in [-0.2, -0.15) is 0 Å². The third-order valence-corrected chi connectivity index (χ3v) is 3.48. The number of hydrogen-bond donors (Lipinski definition) is 1. The molecule has 1 unspecified atom stereocenters. The van der Waals surface area contributed by atoms with Crippen LogP contribution in [0, 0.1) is 0 Å². The number of fused-ring (bicyclic) bond motifs is 1. The lowest BCUT2D eigenvalue weighted by molar-refractivity contribution is -0.123. The van der Waals surface area contributed by atoms with Crippen LogP contribution in [0.1, 0.15) is 13.3 Å². The van der Waals surface area contributed by atoms with Gasteiger partial charge in [0.2, 0.25) is 0 Å². The van der Waals surface area contributed by atoms with E-state index in [1.807, 2.05) is 30.5 Å². The van der Waals surface area contributed by atoms with Crippen molar-refractivity contribution in [2.24, 2.45) is 0 Å². The summed E-state index contributed by atoms with van der Waals surface area (Å²) in [6.07, 6.45) is 0.279. The summed E-state index contributed by atoms with van der Waals surface area (Å²) in [5.41, 5.74) is 4.40. The maximum atomic E-state index is 11.7. The van der Waals surface area contributed by atoms with Crippen LogP contribution in [0.5, 0.6) is 5.75 Å². The number of carbonyl (C=O) groups is 1. The molecule has 1 amide bonds. The van der Waals surface area contributed by atoms with Crippen molar-refractivity contribution in [3.63, 3.8) is 0 Å². The van der Waals surface area contributed by atoms with Gasteiger partial charge < -0.3 is 10.1 Å². The van der Waals surface area contributed by atoms with Gasteiger partial charge in [0.15, 0.2) is 6.10 Å². The summed E-state index contributed by atoms with van der Waals surface area (Å²) >= 11 is 1.55. The molecule has 1 N–H and O–H groups in total. The van der Waals surface area contributed by atoms with Gasteiger partial charge >= 0.3 is 0 Å². The minimum absolute atomic E-state index is 0.0829. The average Bonchev–Trinajstić information content (AvgIpc) is 2.91. The number of nitrogens with zero attached hydrogens (tertiary/aromatic N) is 1. The Kier molecular flexibility index (Phi) is 2.76. The number of ether oxygens (including phenoxy) is 1. The molecule has 0 saturated heterocycles. The number of nitrogens with one attached hydrogen (secondary N) is 1. The second-order valence-corrected chi connectivity index (χ2v) is 4.81. The van der Waals surface area contributed by atoms with Gasteiger partial charge in [-0.15, -0.1) is 11.3 Å². The smallest absolute Gasteiger partial charge is 0.265 e. The monoisotopic (exact) mass is 260 g/mol. The SMILES string of the molecule is CCC1Oc2ccc(-c3cscn3)cc2NC1=O. The summed E-state index contributed by atoms with van der Waals surface area (Å²) in [6.45, 7) is 1.93. The van der Waals surface area contributed by atoms with Crippen LogP contribution in [-0.4, -0.2) is 17.0 Å². The maximum Gasteiger partial charge on any atom is 0.265 e. The van der Waals surface area contributed by atoms with Crippen LogP contribution in [0.15, 0.2) is 29.1 Å². The van der Waals surface area contributed by atoms with E-state index < -0.39 is 0 Å². The minimum atomic E-state index is -0.386. The van der Waals surface area contributed by atoms with E-state index in [1.165, 1.54) is 0 Å². The van der Waals surface area contributed by atoms with Crippen molar-refractivity contribution in [3.05, 3.63) is 29.1 Å². The molecule has 4 nitrogen and oxygen atoms in total. The number of thiazole rings is 1. The van der Waals surface area contributed by atoms with Crippen molar-refractivity contribution in [1.29, 1.82) is 0 Å². The summed E-state index contributed by atoms with van der Waals surface area (Å²) in [6, 6.07) is 5.73.